The number of carbonyl (C=O) groups is 2. The Balaban J connectivity index is 2.07. The van der Waals surface area contributed by atoms with Crippen LogP contribution >= 0.6 is 0 Å². The maximum Gasteiger partial charge on any atom is 0.321 e. The van der Waals surface area contributed by atoms with Gasteiger partial charge in [0.1, 0.15) is 0 Å². The van der Waals surface area contributed by atoms with Crippen LogP contribution in [-0.4, -0.2) is 46.7 Å². The van der Waals surface area contributed by atoms with E-state index in [1.54, 1.807) is 9.80 Å². The summed E-state index contributed by atoms with van der Waals surface area (Å²) < 4.78 is 0. The number of nitrogens with one attached hydrogen (secondary N) is 2. The van der Waals surface area contributed by atoms with Crippen LogP contribution in [-0.2, 0) is 11.3 Å². The first-order valence-electron chi connectivity index (χ1n) is 9.03. The van der Waals surface area contributed by atoms with Gasteiger partial charge in [-0.2, -0.15) is 0 Å². The quantitative estimate of drug-likeness (QED) is 0.754. The predicted octanol–water partition coefficient (Wildman–Crippen LogP) is 1.75. The number of urea groups is 2. The SMILES string of the molecule is CCN1C(=O)NC2(c3ccccc3)NC(=O)N(CCO)C12c1ccccc1. The van der Waals surface area contributed by atoms with Crippen molar-refractivity contribution in [3.8, 4) is 0 Å². The van der Waals surface area contributed by atoms with Gasteiger partial charge < -0.3 is 15.7 Å². The molecule has 0 aromatic heterocycles. The van der Waals surface area contributed by atoms with Gasteiger partial charge in [0.2, 0.25) is 0 Å². The highest BCUT2D eigenvalue weighted by molar-refractivity contribution is 5.89. The molecule has 27 heavy (non-hydrogen) atoms. The van der Waals surface area contributed by atoms with E-state index < -0.39 is 11.3 Å². The number of carbonyl (C=O) groups excluding carboxylic acids is 2. The number of amides is 4. The van der Waals surface area contributed by atoms with Crippen molar-refractivity contribution in [2.45, 2.75) is 18.2 Å². The monoisotopic (exact) mass is 366 g/mol. The third kappa shape index (κ3) is 2.12. The lowest BCUT2D eigenvalue weighted by Gasteiger charge is -2.46. The summed E-state index contributed by atoms with van der Waals surface area (Å²) >= 11 is 0. The molecule has 2 saturated heterocycles. The van der Waals surface area contributed by atoms with Gasteiger partial charge in [-0.05, 0) is 6.92 Å². The molecule has 2 aliphatic heterocycles. The van der Waals surface area contributed by atoms with Crippen LogP contribution < -0.4 is 10.6 Å². The van der Waals surface area contributed by atoms with Crippen molar-refractivity contribution in [2.24, 2.45) is 0 Å². The minimum atomic E-state index is -1.17. The van der Waals surface area contributed by atoms with Crippen LogP contribution in [0.15, 0.2) is 60.7 Å². The van der Waals surface area contributed by atoms with Crippen molar-refractivity contribution >= 4 is 12.1 Å². The third-order valence-electron chi connectivity index (χ3n) is 5.41. The van der Waals surface area contributed by atoms with E-state index in [1.165, 1.54) is 0 Å². The number of likely N-dealkylation sites (N-methyl/N-ethyl adjacent to an activating group) is 1. The second-order valence-corrected chi connectivity index (χ2v) is 6.63. The van der Waals surface area contributed by atoms with Gasteiger partial charge in [-0.15, -0.1) is 0 Å². The summed E-state index contributed by atoms with van der Waals surface area (Å²) in [5.41, 5.74) is -0.747. The van der Waals surface area contributed by atoms with Gasteiger partial charge >= 0.3 is 12.1 Å². The fourth-order valence-electron chi connectivity index (χ4n) is 4.47. The Morgan fingerprint density at radius 2 is 1.37 bits per heavy atom. The van der Waals surface area contributed by atoms with Crippen LogP contribution in [0.4, 0.5) is 9.59 Å². The molecule has 2 atom stereocenters. The van der Waals surface area contributed by atoms with E-state index in [2.05, 4.69) is 10.6 Å². The smallest absolute Gasteiger partial charge is 0.321 e. The Bertz CT molecular complexity index is 860. The minimum Gasteiger partial charge on any atom is -0.395 e. The molecule has 2 aromatic rings. The highest BCUT2D eigenvalue weighted by Crippen LogP contribution is 2.53. The Kier molecular flexibility index (Phi) is 4.04. The van der Waals surface area contributed by atoms with Crippen molar-refractivity contribution in [3.63, 3.8) is 0 Å². The van der Waals surface area contributed by atoms with Gasteiger partial charge in [-0.1, -0.05) is 60.7 Å². The summed E-state index contributed by atoms with van der Waals surface area (Å²) in [7, 11) is 0. The van der Waals surface area contributed by atoms with Gasteiger partial charge in [0.15, 0.2) is 11.3 Å². The zero-order chi connectivity index (χ0) is 19.1. The zero-order valence-electron chi connectivity index (χ0n) is 15.1. The fraction of sp³-hybridized carbons (Fsp3) is 0.300. The number of aliphatic hydroxyl groups is 1. The van der Waals surface area contributed by atoms with Crippen LogP contribution in [0.1, 0.15) is 18.1 Å². The number of aliphatic hydroxyl groups excluding tert-OH is 1. The standard InChI is InChI=1S/C20H22N4O3/c1-2-23-17(26)21-19(15-9-5-3-6-10-15)20(23,16-11-7-4-8-12-16)24(13-14-25)18(27)22-19/h3-12,25H,2,13-14H2,1H3,(H,21,26)(H,22,27). The van der Waals surface area contributed by atoms with Crippen molar-refractivity contribution in [3.05, 3.63) is 71.8 Å². The molecular weight excluding hydrogens is 344 g/mol. The average Bonchev–Trinajstić information content (AvgIpc) is 3.09. The second kappa shape index (κ2) is 6.28. The maximum atomic E-state index is 13.0. The Hall–Kier alpha value is -3.06. The number of β-amino-alcohol motifs (C(OH)–C–C–N with tert-alkyl or cyclic N) is 1. The molecule has 2 aromatic carbocycles. The van der Waals surface area contributed by atoms with Gasteiger partial charge in [-0.25, -0.2) is 9.59 Å². The van der Waals surface area contributed by atoms with Crippen molar-refractivity contribution in [2.75, 3.05) is 19.7 Å². The summed E-state index contributed by atoms with van der Waals surface area (Å²) in [6.07, 6.45) is 0. The summed E-state index contributed by atoms with van der Waals surface area (Å²) in [6.45, 7) is 2.16. The van der Waals surface area contributed by atoms with Crippen LogP contribution in [0, 0.1) is 0 Å². The molecule has 140 valence electrons. The summed E-state index contributed by atoms with van der Waals surface area (Å²) in [5, 5.41) is 15.7. The molecule has 4 amide bonds. The number of nitrogens with zero attached hydrogens (tertiary/aromatic N) is 2. The molecule has 0 spiro atoms. The summed E-state index contributed by atoms with van der Waals surface area (Å²) in [4.78, 5) is 29.2. The normalized spacial score (nSPS) is 26.7. The Morgan fingerprint density at radius 3 is 1.89 bits per heavy atom. The lowest BCUT2D eigenvalue weighted by Crippen LogP contribution is -2.62. The number of hydrogen-bond acceptors (Lipinski definition) is 3. The van der Waals surface area contributed by atoms with Crippen molar-refractivity contribution in [1.29, 1.82) is 0 Å². The molecule has 7 nitrogen and oxygen atoms in total. The first kappa shape index (κ1) is 17.4. The van der Waals surface area contributed by atoms with Crippen LogP contribution in [0.3, 0.4) is 0 Å². The molecule has 0 radical (unpaired) electrons. The maximum absolute atomic E-state index is 13.0. The highest BCUT2D eigenvalue weighted by atomic mass is 16.3. The number of benzene rings is 2. The van der Waals surface area contributed by atoms with Gasteiger partial charge in [-0.3, -0.25) is 9.80 Å². The topological polar surface area (TPSA) is 84.9 Å². The van der Waals surface area contributed by atoms with Gasteiger partial charge in [0.05, 0.1) is 6.61 Å². The van der Waals surface area contributed by atoms with E-state index in [1.807, 2.05) is 67.6 Å². The molecule has 2 unspecified atom stereocenters. The van der Waals surface area contributed by atoms with E-state index in [4.69, 9.17) is 0 Å². The summed E-state index contributed by atoms with van der Waals surface area (Å²) in [5.74, 6) is 0. The molecule has 0 aliphatic carbocycles. The first-order chi connectivity index (χ1) is 13.1. The average molecular weight is 366 g/mol. The van der Waals surface area contributed by atoms with Gasteiger partial charge in [0.25, 0.3) is 0 Å². The Morgan fingerprint density at radius 1 is 0.852 bits per heavy atom. The summed E-state index contributed by atoms with van der Waals surface area (Å²) in [6, 6.07) is 18.3. The van der Waals surface area contributed by atoms with Crippen LogP contribution in [0.2, 0.25) is 0 Å². The molecule has 7 heteroatoms. The van der Waals surface area contributed by atoms with Crippen LogP contribution in [0.25, 0.3) is 0 Å². The molecule has 4 rings (SSSR count). The zero-order valence-corrected chi connectivity index (χ0v) is 15.1. The lowest BCUT2D eigenvalue weighted by atomic mass is 9.81. The van der Waals surface area contributed by atoms with E-state index in [0.29, 0.717) is 6.54 Å². The van der Waals surface area contributed by atoms with Crippen molar-refractivity contribution < 1.29 is 14.7 Å². The molecular formula is C20H22N4O3. The molecule has 3 N–H and O–H groups in total. The molecule has 2 fully saturated rings. The van der Waals surface area contributed by atoms with Crippen molar-refractivity contribution in [1.82, 2.24) is 20.4 Å². The molecule has 2 aliphatic rings. The minimum absolute atomic E-state index is 0.0980. The molecule has 0 saturated carbocycles. The Labute approximate surface area is 157 Å². The van der Waals surface area contributed by atoms with E-state index in [-0.39, 0.29) is 25.2 Å². The fourth-order valence-corrected chi connectivity index (χ4v) is 4.47. The molecule has 2 heterocycles. The largest absolute Gasteiger partial charge is 0.395 e. The number of hydrogen-bond donors (Lipinski definition) is 3. The first-order valence-corrected chi connectivity index (χ1v) is 9.03. The lowest BCUT2D eigenvalue weighted by molar-refractivity contribution is -0.0165. The highest BCUT2D eigenvalue weighted by Gasteiger charge is 2.73. The van der Waals surface area contributed by atoms with Gasteiger partial charge in [0, 0.05) is 24.2 Å². The van der Waals surface area contributed by atoms with E-state index in [0.717, 1.165) is 11.1 Å². The predicted molar refractivity (Wildman–Crippen MR) is 99.5 cm³/mol. The second-order valence-electron chi connectivity index (χ2n) is 6.63. The molecule has 0 bridgehead atoms. The van der Waals surface area contributed by atoms with E-state index >= 15 is 0 Å². The van der Waals surface area contributed by atoms with E-state index in [9.17, 15) is 14.7 Å². The van der Waals surface area contributed by atoms with Crippen LogP contribution in [0.5, 0.6) is 0 Å². The number of rotatable bonds is 5. The third-order valence-corrected chi connectivity index (χ3v) is 5.41. The number of fused-ring (bicyclic) bond motifs is 1.